The van der Waals surface area contributed by atoms with Crippen molar-refractivity contribution >= 4 is 0 Å². The number of hydrogen-bond acceptors (Lipinski definition) is 4. The average molecular weight is 234 g/mol. The summed E-state index contributed by atoms with van der Waals surface area (Å²) in [7, 11) is 0. The molecule has 1 aromatic rings. The lowest BCUT2D eigenvalue weighted by molar-refractivity contribution is 0.202. The molecule has 0 radical (unpaired) electrons. The number of pyridine rings is 1. The van der Waals surface area contributed by atoms with Gasteiger partial charge >= 0.3 is 0 Å². The summed E-state index contributed by atoms with van der Waals surface area (Å²) in [6.45, 7) is 5.10. The van der Waals surface area contributed by atoms with Crippen LogP contribution in [-0.4, -0.2) is 42.1 Å². The molecule has 3 N–H and O–H groups in total. The quantitative estimate of drug-likeness (QED) is 0.783. The van der Waals surface area contributed by atoms with Crippen LogP contribution in [0.3, 0.4) is 0 Å². The molecule has 4 heteroatoms. The van der Waals surface area contributed by atoms with Crippen LogP contribution in [0.5, 0.6) is 0 Å². The van der Waals surface area contributed by atoms with Crippen molar-refractivity contribution in [2.75, 3.05) is 26.2 Å². The second kappa shape index (κ2) is 6.69. The van der Waals surface area contributed by atoms with E-state index in [1.807, 2.05) is 12.4 Å². The molecule has 2 rings (SSSR count). The Labute approximate surface area is 103 Å². The lowest BCUT2D eigenvalue weighted by Gasteiger charge is -2.32. The SMILES string of the molecule is NCCN1CCC(NCc2ccncc2)CC1. The molecule has 1 aliphatic rings. The first-order valence-corrected chi connectivity index (χ1v) is 6.43. The average Bonchev–Trinajstić information content (AvgIpc) is 2.40. The fourth-order valence-corrected chi connectivity index (χ4v) is 2.31. The first-order valence-electron chi connectivity index (χ1n) is 6.43. The van der Waals surface area contributed by atoms with Crippen LogP contribution in [0.2, 0.25) is 0 Å². The van der Waals surface area contributed by atoms with E-state index < -0.39 is 0 Å². The van der Waals surface area contributed by atoms with E-state index in [4.69, 9.17) is 5.73 Å². The molecule has 4 nitrogen and oxygen atoms in total. The summed E-state index contributed by atoms with van der Waals surface area (Å²) in [5.41, 5.74) is 6.88. The molecule has 1 saturated heterocycles. The molecule has 0 aromatic carbocycles. The standard InChI is InChI=1S/C13H22N4/c14-5-10-17-8-3-13(4-9-17)16-11-12-1-6-15-7-2-12/h1-2,6-7,13,16H,3-5,8-11,14H2. The minimum absolute atomic E-state index is 0.650. The number of piperidine rings is 1. The highest BCUT2D eigenvalue weighted by Gasteiger charge is 2.17. The number of hydrogen-bond donors (Lipinski definition) is 2. The van der Waals surface area contributed by atoms with E-state index in [1.54, 1.807) is 0 Å². The molecule has 0 aliphatic carbocycles. The van der Waals surface area contributed by atoms with Crippen molar-refractivity contribution < 1.29 is 0 Å². The van der Waals surface area contributed by atoms with Gasteiger partial charge in [0.25, 0.3) is 0 Å². The number of aromatic nitrogens is 1. The maximum absolute atomic E-state index is 5.57. The molecule has 0 bridgehead atoms. The Morgan fingerprint density at radius 1 is 1.29 bits per heavy atom. The molecule has 17 heavy (non-hydrogen) atoms. The van der Waals surface area contributed by atoms with Crippen LogP contribution in [0.25, 0.3) is 0 Å². The van der Waals surface area contributed by atoms with E-state index in [2.05, 4.69) is 27.3 Å². The fraction of sp³-hybridized carbons (Fsp3) is 0.615. The number of likely N-dealkylation sites (tertiary alicyclic amines) is 1. The molecule has 2 heterocycles. The zero-order valence-electron chi connectivity index (χ0n) is 10.3. The van der Waals surface area contributed by atoms with Gasteiger partial charge in [-0.15, -0.1) is 0 Å². The molecule has 0 unspecified atom stereocenters. The molecule has 1 fully saturated rings. The van der Waals surface area contributed by atoms with Gasteiger partial charge in [0, 0.05) is 38.1 Å². The van der Waals surface area contributed by atoms with Crippen LogP contribution in [0.4, 0.5) is 0 Å². The van der Waals surface area contributed by atoms with Gasteiger partial charge in [0.1, 0.15) is 0 Å². The summed E-state index contributed by atoms with van der Waals surface area (Å²) in [5, 5.41) is 3.61. The Morgan fingerprint density at radius 3 is 2.65 bits per heavy atom. The van der Waals surface area contributed by atoms with Gasteiger partial charge in [0.15, 0.2) is 0 Å². The minimum Gasteiger partial charge on any atom is -0.329 e. The van der Waals surface area contributed by atoms with Crippen molar-refractivity contribution in [3.05, 3.63) is 30.1 Å². The van der Waals surface area contributed by atoms with Crippen LogP contribution in [0, 0.1) is 0 Å². The number of nitrogens with two attached hydrogens (primary N) is 1. The van der Waals surface area contributed by atoms with Crippen LogP contribution in [0.15, 0.2) is 24.5 Å². The third-order valence-electron chi connectivity index (χ3n) is 3.38. The van der Waals surface area contributed by atoms with E-state index in [9.17, 15) is 0 Å². The van der Waals surface area contributed by atoms with E-state index in [0.717, 1.165) is 19.6 Å². The Hall–Kier alpha value is -0.970. The topological polar surface area (TPSA) is 54.2 Å². The number of nitrogens with one attached hydrogen (secondary N) is 1. The number of nitrogens with zero attached hydrogens (tertiary/aromatic N) is 2. The van der Waals surface area contributed by atoms with Gasteiger partial charge in [0.2, 0.25) is 0 Å². The van der Waals surface area contributed by atoms with Crippen molar-refractivity contribution in [1.29, 1.82) is 0 Å². The van der Waals surface area contributed by atoms with Gasteiger partial charge in [-0.1, -0.05) is 0 Å². The molecule has 1 aliphatic heterocycles. The molecule has 94 valence electrons. The van der Waals surface area contributed by atoms with E-state index in [-0.39, 0.29) is 0 Å². The molecule has 0 saturated carbocycles. The molecule has 0 amide bonds. The Balaban J connectivity index is 1.68. The summed E-state index contributed by atoms with van der Waals surface area (Å²) < 4.78 is 0. The second-order valence-corrected chi connectivity index (χ2v) is 4.64. The first-order chi connectivity index (χ1) is 8.38. The van der Waals surface area contributed by atoms with Gasteiger partial charge in [0.05, 0.1) is 0 Å². The van der Waals surface area contributed by atoms with E-state index in [1.165, 1.54) is 31.5 Å². The summed E-state index contributed by atoms with van der Waals surface area (Å²) in [5.74, 6) is 0. The van der Waals surface area contributed by atoms with Crippen molar-refractivity contribution in [1.82, 2.24) is 15.2 Å². The van der Waals surface area contributed by atoms with Crippen molar-refractivity contribution in [2.24, 2.45) is 5.73 Å². The van der Waals surface area contributed by atoms with E-state index >= 15 is 0 Å². The van der Waals surface area contributed by atoms with Crippen LogP contribution in [0.1, 0.15) is 18.4 Å². The summed E-state index contributed by atoms with van der Waals surface area (Å²) in [6.07, 6.45) is 6.15. The third kappa shape index (κ3) is 4.07. The molecule has 0 atom stereocenters. The summed E-state index contributed by atoms with van der Waals surface area (Å²) in [4.78, 5) is 6.47. The minimum atomic E-state index is 0.650. The Morgan fingerprint density at radius 2 is 2.00 bits per heavy atom. The molecular formula is C13H22N4. The van der Waals surface area contributed by atoms with Gasteiger partial charge < -0.3 is 16.0 Å². The van der Waals surface area contributed by atoms with Crippen LogP contribution >= 0.6 is 0 Å². The van der Waals surface area contributed by atoms with Crippen molar-refractivity contribution in [2.45, 2.75) is 25.4 Å². The van der Waals surface area contributed by atoms with E-state index in [0.29, 0.717) is 6.04 Å². The third-order valence-corrected chi connectivity index (χ3v) is 3.38. The first kappa shape index (κ1) is 12.5. The largest absolute Gasteiger partial charge is 0.329 e. The zero-order valence-corrected chi connectivity index (χ0v) is 10.3. The highest BCUT2D eigenvalue weighted by atomic mass is 15.1. The normalized spacial score (nSPS) is 18.4. The predicted molar refractivity (Wildman–Crippen MR) is 69.6 cm³/mol. The highest BCUT2D eigenvalue weighted by molar-refractivity contribution is 5.09. The van der Waals surface area contributed by atoms with Gasteiger partial charge in [-0.2, -0.15) is 0 Å². The van der Waals surface area contributed by atoms with Crippen LogP contribution in [-0.2, 0) is 6.54 Å². The number of rotatable bonds is 5. The maximum Gasteiger partial charge on any atom is 0.0271 e. The van der Waals surface area contributed by atoms with Gasteiger partial charge in [-0.25, -0.2) is 0 Å². The Bertz CT molecular complexity index is 306. The molecular weight excluding hydrogens is 212 g/mol. The zero-order chi connectivity index (χ0) is 11.9. The fourth-order valence-electron chi connectivity index (χ4n) is 2.31. The lowest BCUT2D eigenvalue weighted by Crippen LogP contribution is -2.43. The lowest BCUT2D eigenvalue weighted by atomic mass is 10.0. The predicted octanol–water partition coefficient (Wildman–Crippen LogP) is 0.594. The van der Waals surface area contributed by atoms with Crippen molar-refractivity contribution in [3.63, 3.8) is 0 Å². The second-order valence-electron chi connectivity index (χ2n) is 4.64. The summed E-state index contributed by atoms with van der Waals surface area (Å²) in [6, 6.07) is 4.78. The van der Waals surface area contributed by atoms with Gasteiger partial charge in [-0.3, -0.25) is 4.98 Å². The monoisotopic (exact) mass is 234 g/mol. The Kier molecular flexibility index (Phi) is 4.91. The smallest absolute Gasteiger partial charge is 0.0271 e. The molecule has 1 aromatic heterocycles. The summed E-state index contributed by atoms with van der Waals surface area (Å²) >= 11 is 0. The van der Waals surface area contributed by atoms with Crippen molar-refractivity contribution in [3.8, 4) is 0 Å². The maximum atomic E-state index is 5.57. The highest BCUT2D eigenvalue weighted by Crippen LogP contribution is 2.10. The van der Waals surface area contributed by atoms with Crippen LogP contribution < -0.4 is 11.1 Å². The molecule has 0 spiro atoms. The van der Waals surface area contributed by atoms with Gasteiger partial charge in [-0.05, 0) is 43.6 Å².